The van der Waals surface area contributed by atoms with E-state index >= 15 is 0 Å². The summed E-state index contributed by atoms with van der Waals surface area (Å²) in [7, 11) is 0. The van der Waals surface area contributed by atoms with Crippen molar-refractivity contribution in [2.24, 2.45) is 4.99 Å². The van der Waals surface area contributed by atoms with Crippen molar-refractivity contribution in [2.45, 2.75) is 71.3 Å². The number of ether oxygens (including phenoxy) is 1. The summed E-state index contributed by atoms with van der Waals surface area (Å²) in [6.45, 7) is 16.8. The van der Waals surface area contributed by atoms with Gasteiger partial charge in [-0.3, -0.25) is 9.89 Å². The first-order valence-corrected chi connectivity index (χ1v) is 11.8. The lowest BCUT2D eigenvalue weighted by Gasteiger charge is -2.47. The molecule has 2 aliphatic rings. The van der Waals surface area contributed by atoms with Gasteiger partial charge in [-0.2, -0.15) is 0 Å². The molecule has 0 amide bonds. The SMILES string of the molecule is CCNC(=NCC1(N2CCOCC2)CCCCC1)NCCCCN(CC)CC. The lowest BCUT2D eigenvalue weighted by atomic mass is 9.80. The molecule has 1 aliphatic carbocycles. The van der Waals surface area contributed by atoms with Crippen LogP contribution in [-0.2, 0) is 4.74 Å². The second kappa shape index (κ2) is 13.4. The van der Waals surface area contributed by atoms with Crippen LogP contribution in [0.1, 0.15) is 65.7 Å². The van der Waals surface area contributed by atoms with Gasteiger partial charge in [0.15, 0.2) is 5.96 Å². The van der Waals surface area contributed by atoms with Crippen LogP contribution in [0.15, 0.2) is 4.99 Å². The van der Waals surface area contributed by atoms with E-state index in [1.807, 2.05) is 0 Å². The molecule has 164 valence electrons. The summed E-state index contributed by atoms with van der Waals surface area (Å²) in [5, 5.41) is 7.02. The van der Waals surface area contributed by atoms with Gasteiger partial charge >= 0.3 is 0 Å². The summed E-state index contributed by atoms with van der Waals surface area (Å²) in [6, 6.07) is 0. The molecule has 0 aromatic rings. The summed E-state index contributed by atoms with van der Waals surface area (Å²) in [6.07, 6.45) is 9.03. The lowest BCUT2D eigenvalue weighted by molar-refractivity contribution is -0.0333. The molecule has 2 N–H and O–H groups in total. The summed E-state index contributed by atoms with van der Waals surface area (Å²) in [4.78, 5) is 10.2. The van der Waals surface area contributed by atoms with Gasteiger partial charge in [0.1, 0.15) is 0 Å². The van der Waals surface area contributed by atoms with E-state index < -0.39 is 0 Å². The Balaban J connectivity index is 1.85. The third kappa shape index (κ3) is 7.53. The summed E-state index contributed by atoms with van der Waals surface area (Å²) < 4.78 is 5.60. The molecule has 1 saturated heterocycles. The van der Waals surface area contributed by atoms with Crippen molar-refractivity contribution < 1.29 is 4.74 Å². The van der Waals surface area contributed by atoms with Crippen LogP contribution in [0.3, 0.4) is 0 Å². The van der Waals surface area contributed by atoms with Crippen LogP contribution in [-0.4, -0.2) is 86.9 Å². The van der Waals surface area contributed by atoms with Crippen molar-refractivity contribution in [3.8, 4) is 0 Å². The molecule has 6 nitrogen and oxygen atoms in total. The minimum absolute atomic E-state index is 0.243. The highest BCUT2D eigenvalue weighted by Gasteiger charge is 2.38. The maximum atomic E-state index is 5.60. The fourth-order valence-corrected chi connectivity index (χ4v) is 4.60. The van der Waals surface area contributed by atoms with Crippen LogP contribution in [0.2, 0.25) is 0 Å². The highest BCUT2D eigenvalue weighted by atomic mass is 16.5. The highest BCUT2D eigenvalue weighted by molar-refractivity contribution is 5.79. The number of rotatable bonds is 11. The van der Waals surface area contributed by atoms with Crippen molar-refractivity contribution in [1.29, 1.82) is 0 Å². The number of nitrogens with zero attached hydrogens (tertiary/aromatic N) is 3. The first kappa shape index (κ1) is 23.4. The number of guanidine groups is 1. The Bertz CT molecular complexity index is 427. The van der Waals surface area contributed by atoms with Crippen molar-refractivity contribution in [3.05, 3.63) is 0 Å². The van der Waals surface area contributed by atoms with Gasteiger partial charge in [0.05, 0.1) is 19.8 Å². The van der Waals surface area contributed by atoms with Crippen molar-refractivity contribution >= 4 is 5.96 Å². The van der Waals surface area contributed by atoms with Crippen molar-refractivity contribution in [3.63, 3.8) is 0 Å². The molecule has 2 fully saturated rings. The predicted molar refractivity (Wildman–Crippen MR) is 119 cm³/mol. The number of unbranched alkanes of at least 4 members (excludes halogenated alkanes) is 1. The number of nitrogens with one attached hydrogen (secondary N) is 2. The lowest BCUT2D eigenvalue weighted by Crippen LogP contribution is -2.56. The number of aliphatic imine (C=N–C) groups is 1. The average molecular weight is 396 g/mol. The molecule has 0 aromatic carbocycles. The molecule has 0 radical (unpaired) electrons. The zero-order valence-electron chi connectivity index (χ0n) is 18.8. The van der Waals surface area contributed by atoms with Gasteiger partial charge < -0.3 is 20.3 Å². The van der Waals surface area contributed by atoms with E-state index in [1.54, 1.807) is 0 Å². The van der Waals surface area contributed by atoms with Gasteiger partial charge in [-0.15, -0.1) is 0 Å². The highest BCUT2D eigenvalue weighted by Crippen LogP contribution is 2.34. The topological polar surface area (TPSA) is 52.1 Å². The first-order valence-electron chi connectivity index (χ1n) is 11.8. The Hall–Kier alpha value is -0.850. The number of hydrogen-bond donors (Lipinski definition) is 2. The predicted octanol–water partition coefficient (Wildman–Crippen LogP) is 2.70. The second-order valence-corrected chi connectivity index (χ2v) is 8.24. The zero-order valence-corrected chi connectivity index (χ0v) is 18.8. The van der Waals surface area contributed by atoms with E-state index in [1.165, 1.54) is 51.5 Å². The molecular formula is C22H45N5O. The summed E-state index contributed by atoms with van der Waals surface area (Å²) >= 11 is 0. The van der Waals surface area contributed by atoms with Gasteiger partial charge in [-0.05, 0) is 52.2 Å². The monoisotopic (exact) mass is 395 g/mol. The summed E-state index contributed by atoms with van der Waals surface area (Å²) in [5.41, 5.74) is 0.243. The third-order valence-electron chi connectivity index (χ3n) is 6.43. The van der Waals surface area contributed by atoms with E-state index in [9.17, 15) is 0 Å². The fourth-order valence-electron chi connectivity index (χ4n) is 4.60. The van der Waals surface area contributed by atoms with E-state index in [0.717, 1.165) is 65.0 Å². The van der Waals surface area contributed by atoms with Gasteiger partial charge in [0.25, 0.3) is 0 Å². The molecular weight excluding hydrogens is 350 g/mol. The molecule has 0 aromatic heterocycles. The van der Waals surface area contributed by atoms with E-state index in [4.69, 9.17) is 9.73 Å². The molecule has 6 heteroatoms. The minimum atomic E-state index is 0.243. The average Bonchev–Trinajstić information content (AvgIpc) is 2.76. The molecule has 1 aliphatic heterocycles. The van der Waals surface area contributed by atoms with Gasteiger partial charge in [0.2, 0.25) is 0 Å². The molecule has 28 heavy (non-hydrogen) atoms. The Morgan fingerprint density at radius 1 is 1.00 bits per heavy atom. The van der Waals surface area contributed by atoms with Crippen LogP contribution < -0.4 is 10.6 Å². The Morgan fingerprint density at radius 3 is 2.36 bits per heavy atom. The second-order valence-electron chi connectivity index (χ2n) is 8.24. The fraction of sp³-hybridized carbons (Fsp3) is 0.955. The number of hydrogen-bond acceptors (Lipinski definition) is 4. The van der Waals surface area contributed by atoms with E-state index in [0.29, 0.717) is 0 Å². The maximum absolute atomic E-state index is 5.60. The van der Waals surface area contributed by atoms with Gasteiger partial charge in [-0.1, -0.05) is 33.1 Å². The maximum Gasteiger partial charge on any atom is 0.191 e. The minimum Gasteiger partial charge on any atom is -0.379 e. The van der Waals surface area contributed by atoms with Crippen LogP contribution in [0.25, 0.3) is 0 Å². The smallest absolute Gasteiger partial charge is 0.191 e. The normalized spacial score (nSPS) is 21.1. The molecule has 0 unspecified atom stereocenters. The summed E-state index contributed by atoms with van der Waals surface area (Å²) in [5.74, 6) is 0.989. The van der Waals surface area contributed by atoms with Gasteiger partial charge in [-0.25, -0.2) is 0 Å². The Morgan fingerprint density at radius 2 is 1.71 bits per heavy atom. The van der Waals surface area contributed by atoms with Crippen LogP contribution in [0.4, 0.5) is 0 Å². The van der Waals surface area contributed by atoms with Crippen LogP contribution in [0.5, 0.6) is 0 Å². The zero-order chi connectivity index (χ0) is 20.1. The number of morpholine rings is 1. The molecule has 0 atom stereocenters. The van der Waals surface area contributed by atoms with Crippen LogP contribution in [0, 0.1) is 0 Å². The van der Waals surface area contributed by atoms with Crippen molar-refractivity contribution in [1.82, 2.24) is 20.4 Å². The van der Waals surface area contributed by atoms with Crippen molar-refractivity contribution in [2.75, 3.05) is 65.6 Å². The largest absolute Gasteiger partial charge is 0.379 e. The van der Waals surface area contributed by atoms with Crippen LogP contribution >= 0.6 is 0 Å². The molecule has 0 bridgehead atoms. The Labute approximate surface area is 173 Å². The quantitative estimate of drug-likeness (QED) is 0.320. The molecule has 0 spiro atoms. The third-order valence-corrected chi connectivity index (χ3v) is 6.43. The first-order chi connectivity index (χ1) is 13.7. The van der Waals surface area contributed by atoms with E-state index in [2.05, 4.69) is 41.2 Å². The molecule has 1 heterocycles. The molecule has 2 rings (SSSR count). The standard InChI is InChI=1S/C22H45N5O/c1-4-23-21(24-14-10-11-15-26(5-2)6-3)25-20-22(12-8-7-9-13-22)27-16-18-28-19-17-27/h4-20H2,1-3H3,(H2,23,24,25). The Kier molecular flexibility index (Phi) is 11.2. The van der Waals surface area contributed by atoms with E-state index in [-0.39, 0.29) is 5.54 Å². The molecule has 1 saturated carbocycles. The van der Waals surface area contributed by atoms with Gasteiger partial charge in [0, 0.05) is 31.7 Å².